The number of aromatic nitrogens is 4. The van der Waals surface area contributed by atoms with Crippen molar-refractivity contribution < 1.29 is 4.79 Å². The van der Waals surface area contributed by atoms with E-state index in [1.54, 1.807) is 22.7 Å². The lowest BCUT2D eigenvalue weighted by Gasteiger charge is -2.06. The SMILES string of the molecule is Cc1cc(C)c2nn(CC(=O)Nc3ccc(Cl)c(Cl)c3)c(=S)n2n1. The summed E-state index contributed by atoms with van der Waals surface area (Å²) in [6.07, 6.45) is 0. The highest BCUT2D eigenvalue weighted by Gasteiger charge is 2.12. The third kappa shape index (κ3) is 3.28. The van der Waals surface area contributed by atoms with Gasteiger partial charge in [0.05, 0.1) is 15.7 Å². The molecule has 2 heterocycles. The Bertz CT molecular complexity index is 1010. The van der Waals surface area contributed by atoms with Crippen LogP contribution in [0.15, 0.2) is 24.3 Å². The first-order valence-corrected chi connectivity index (χ1v) is 8.20. The molecule has 1 N–H and O–H groups in total. The molecule has 0 bridgehead atoms. The van der Waals surface area contributed by atoms with Crippen LogP contribution in [0.2, 0.25) is 10.0 Å². The molecule has 0 aliphatic heterocycles. The maximum atomic E-state index is 12.2. The monoisotopic (exact) mass is 381 g/mol. The van der Waals surface area contributed by atoms with Crippen LogP contribution in [0.1, 0.15) is 11.3 Å². The van der Waals surface area contributed by atoms with Gasteiger partial charge < -0.3 is 5.32 Å². The average Bonchev–Trinajstić information content (AvgIpc) is 2.80. The number of benzene rings is 1. The molecule has 0 aliphatic carbocycles. The number of amides is 1. The van der Waals surface area contributed by atoms with Gasteiger partial charge in [-0.15, -0.1) is 5.10 Å². The molecule has 9 heteroatoms. The lowest BCUT2D eigenvalue weighted by atomic mass is 10.3. The molecule has 1 amide bonds. The van der Waals surface area contributed by atoms with Gasteiger partial charge in [-0.25, -0.2) is 4.68 Å². The Labute approximate surface area is 153 Å². The Morgan fingerprint density at radius 2 is 1.96 bits per heavy atom. The Morgan fingerprint density at radius 1 is 1.21 bits per heavy atom. The lowest BCUT2D eigenvalue weighted by Crippen LogP contribution is -2.19. The van der Waals surface area contributed by atoms with Gasteiger partial charge >= 0.3 is 0 Å². The van der Waals surface area contributed by atoms with E-state index in [-0.39, 0.29) is 12.5 Å². The zero-order valence-corrected chi connectivity index (χ0v) is 15.2. The number of rotatable bonds is 3. The molecule has 0 spiro atoms. The number of fused-ring (bicyclic) bond motifs is 1. The van der Waals surface area contributed by atoms with Gasteiger partial charge in [0.15, 0.2) is 5.65 Å². The number of halogens is 2. The molecule has 0 saturated heterocycles. The summed E-state index contributed by atoms with van der Waals surface area (Å²) in [6, 6.07) is 6.78. The second kappa shape index (κ2) is 6.51. The first-order valence-electron chi connectivity index (χ1n) is 7.04. The van der Waals surface area contributed by atoms with Gasteiger partial charge in [0.25, 0.3) is 0 Å². The van der Waals surface area contributed by atoms with E-state index in [0.29, 0.717) is 26.2 Å². The number of carbonyl (C=O) groups is 1. The molecule has 6 nitrogen and oxygen atoms in total. The summed E-state index contributed by atoms with van der Waals surface area (Å²) in [5, 5.41) is 12.2. The average molecular weight is 382 g/mol. The van der Waals surface area contributed by atoms with Crippen molar-refractivity contribution in [1.82, 2.24) is 19.4 Å². The van der Waals surface area contributed by atoms with E-state index in [0.717, 1.165) is 11.3 Å². The normalized spacial score (nSPS) is 11.0. The zero-order chi connectivity index (χ0) is 17.4. The van der Waals surface area contributed by atoms with Crippen LogP contribution in [0, 0.1) is 18.6 Å². The third-order valence-corrected chi connectivity index (χ3v) is 4.47. The quantitative estimate of drug-likeness (QED) is 0.700. The van der Waals surface area contributed by atoms with Crippen LogP contribution in [0.4, 0.5) is 5.69 Å². The summed E-state index contributed by atoms with van der Waals surface area (Å²) in [7, 11) is 0. The topological polar surface area (TPSA) is 64.2 Å². The Kier molecular flexibility index (Phi) is 4.58. The number of hydrogen-bond donors (Lipinski definition) is 1. The van der Waals surface area contributed by atoms with Crippen LogP contribution in [0.25, 0.3) is 5.65 Å². The van der Waals surface area contributed by atoms with Gasteiger partial charge in [0, 0.05) is 5.69 Å². The number of nitrogens with one attached hydrogen (secondary N) is 1. The summed E-state index contributed by atoms with van der Waals surface area (Å²) in [6.45, 7) is 3.77. The van der Waals surface area contributed by atoms with Gasteiger partial charge in [-0.05, 0) is 55.9 Å². The minimum Gasteiger partial charge on any atom is -0.324 e. The Morgan fingerprint density at radius 3 is 2.67 bits per heavy atom. The summed E-state index contributed by atoms with van der Waals surface area (Å²) in [5.74, 6) is -0.276. The molecule has 3 rings (SSSR count). The predicted molar refractivity (Wildman–Crippen MR) is 96.4 cm³/mol. The van der Waals surface area contributed by atoms with Crippen molar-refractivity contribution in [2.75, 3.05) is 5.32 Å². The lowest BCUT2D eigenvalue weighted by molar-refractivity contribution is -0.116. The van der Waals surface area contributed by atoms with Gasteiger partial charge in [-0.1, -0.05) is 23.2 Å². The van der Waals surface area contributed by atoms with Crippen molar-refractivity contribution in [2.24, 2.45) is 0 Å². The van der Waals surface area contributed by atoms with E-state index in [1.807, 2.05) is 19.9 Å². The number of aryl methyl sites for hydroxylation is 2. The summed E-state index contributed by atoms with van der Waals surface area (Å²) >= 11 is 17.1. The maximum absolute atomic E-state index is 12.2. The van der Waals surface area contributed by atoms with Gasteiger partial charge in [0.1, 0.15) is 6.54 Å². The second-order valence-electron chi connectivity index (χ2n) is 5.32. The zero-order valence-electron chi connectivity index (χ0n) is 12.9. The first-order chi connectivity index (χ1) is 11.3. The molecule has 0 fully saturated rings. The molecule has 3 aromatic rings. The molecular weight excluding hydrogens is 369 g/mol. The van der Waals surface area contributed by atoms with Crippen molar-refractivity contribution in [3.8, 4) is 0 Å². The van der Waals surface area contributed by atoms with Crippen molar-refractivity contribution in [1.29, 1.82) is 0 Å². The number of hydrogen-bond acceptors (Lipinski definition) is 4. The summed E-state index contributed by atoms with van der Waals surface area (Å²) < 4.78 is 3.37. The number of anilines is 1. The molecule has 1 aromatic carbocycles. The number of carbonyl (C=O) groups excluding carboxylic acids is 1. The van der Waals surface area contributed by atoms with Crippen LogP contribution >= 0.6 is 35.4 Å². The molecule has 0 atom stereocenters. The Balaban J connectivity index is 1.85. The molecule has 2 aromatic heterocycles. The fourth-order valence-electron chi connectivity index (χ4n) is 2.31. The van der Waals surface area contributed by atoms with E-state index in [1.165, 1.54) is 4.68 Å². The molecule has 0 radical (unpaired) electrons. The number of nitrogens with zero attached hydrogens (tertiary/aromatic N) is 4. The van der Waals surface area contributed by atoms with E-state index in [9.17, 15) is 4.79 Å². The van der Waals surface area contributed by atoms with Crippen LogP contribution in [-0.2, 0) is 11.3 Å². The van der Waals surface area contributed by atoms with Gasteiger partial charge in [0.2, 0.25) is 10.7 Å². The highest BCUT2D eigenvalue weighted by Crippen LogP contribution is 2.25. The van der Waals surface area contributed by atoms with E-state index >= 15 is 0 Å². The summed E-state index contributed by atoms with van der Waals surface area (Å²) in [5.41, 5.74) is 2.95. The third-order valence-electron chi connectivity index (χ3n) is 3.35. The van der Waals surface area contributed by atoms with Crippen molar-refractivity contribution in [3.05, 3.63) is 50.3 Å². The second-order valence-corrected chi connectivity index (χ2v) is 6.50. The van der Waals surface area contributed by atoms with Crippen molar-refractivity contribution in [2.45, 2.75) is 20.4 Å². The maximum Gasteiger partial charge on any atom is 0.246 e. The summed E-state index contributed by atoms with van der Waals surface area (Å²) in [4.78, 5) is 12.2. The van der Waals surface area contributed by atoms with E-state index in [2.05, 4.69) is 15.5 Å². The van der Waals surface area contributed by atoms with Crippen LogP contribution < -0.4 is 5.32 Å². The standard InChI is InChI=1S/C15H13Cl2N5OS/c1-8-5-9(2)19-22-14(8)20-21(15(22)24)7-13(23)18-10-3-4-11(16)12(17)6-10/h3-6H,7H2,1-2H3,(H,18,23). The minimum absolute atomic E-state index is 0.0269. The highest BCUT2D eigenvalue weighted by atomic mass is 35.5. The smallest absolute Gasteiger partial charge is 0.246 e. The molecule has 24 heavy (non-hydrogen) atoms. The van der Waals surface area contributed by atoms with E-state index in [4.69, 9.17) is 35.4 Å². The first kappa shape index (κ1) is 16.9. The molecule has 0 unspecified atom stereocenters. The van der Waals surface area contributed by atoms with Crippen LogP contribution in [-0.4, -0.2) is 25.3 Å². The van der Waals surface area contributed by atoms with Gasteiger partial charge in [-0.2, -0.15) is 9.61 Å². The molecule has 0 saturated carbocycles. The van der Waals surface area contributed by atoms with Crippen LogP contribution in [0.5, 0.6) is 0 Å². The fourth-order valence-corrected chi connectivity index (χ4v) is 2.84. The van der Waals surface area contributed by atoms with E-state index < -0.39 is 0 Å². The molecule has 0 aliphatic rings. The predicted octanol–water partition coefficient (Wildman–Crippen LogP) is 3.82. The van der Waals surface area contributed by atoms with Crippen LogP contribution in [0.3, 0.4) is 0 Å². The molecule has 124 valence electrons. The Hall–Kier alpha value is -1.96. The highest BCUT2D eigenvalue weighted by molar-refractivity contribution is 7.71. The van der Waals surface area contributed by atoms with Crippen molar-refractivity contribution >= 4 is 52.7 Å². The van der Waals surface area contributed by atoms with Gasteiger partial charge in [-0.3, -0.25) is 4.79 Å². The molecular formula is C15H13Cl2N5OS. The van der Waals surface area contributed by atoms with Crippen molar-refractivity contribution in [3.63, 3.8) is 0 Å². The minimum atomic E-state index is -0.276. The largest absolute Gasteiger partial charge is 0.324 e. The fraction of sp³-hybridized carbons (Fsp3) is 0.200.